The lowest BCUT2D eigenvalue weighted by Gasteiger charge is -2.35. The van der Waals surface area contributed by atoms with Crippen LogP contribution in [0.25, 0.3) is 11.0 Å². The Kier molecular flexibility index (Phi) is 8.22. The fourth-order valence-corrected chi connectivity index (χ4v) is 7.81. The molecule has 238 valence electrons. The lowest BCUT2D eigenvalue weighted by molar-refractivity contribution is -0.141. The molecule has 8 atom stereocenters. The molecule has 2 saturated carbocycles. The van der Waals surface area contributed by atoms with Crippen LogP contribution >= 0.6 is 0 Å². The molecule has 0 spiro atoms. The van der Waals surface area contributed by atoms with Crippen molar-refractivity contribution in [1.29, 1.82) is 0 Å². The minimum atomic E-state index is -0.875. The summed E-state index contributed by atoms with van der Waals surface area (Å²) in [5.41, 5.74) is 1.59. The zero-order valence-corrected chi connectivity index (χ0v) is 26.8. The molecule has 1 aromatic carbocycles. The molecule has 0 radical (unpaired) electrons. The monoisotopic (exact) mass is 606 g/mol. The van der Waals surface area contributed by atoms with E-state index in [2.05, 4.69) is 5.32 Å². The zero-order chi connectivity index (χ0) is 31.3. The van der Waals surface area contributed by atoms with Crippen LogP contribution in [-0.4, -0.2) is 70.6 Å². The molecule has 6 rings (SSSR count). The number of nitrogens with zero attached hydrogens (tertiary/aromatic N) is 3. The number of aryl methyl sites for hydroxylation is 1. The van der Waals surface area contributed by atoms with Gasteiger partial charge in [-0.25, -0.2) is 14.8 Å². The standard InChI is InChI=1S/C34H46N4O6/c1-18-28-17-38(29(18)19(2)39)32(40)30(34(3,4)5)37-33(41)44-27-15-20-14-23(20)22(27)10-8-7-9-11-25-31(43-28)36-26-16-21(42-6)12-13-24(26)35-25/h12-13,16,18,20,22-23,27-30H,7-11,14-15,17H2,1-6H3,(H,37,41)/t18-,20-,22-,23-,27-,28+,29+,30-/m1/s1. The van der Waals surface area contributed by atoms with Crippen LogP contribution in [0.1, 0.15) is 78.8 Å². The maximum absolute atomic E-state index is 14.2. The Balaban J connectivity index is 1.36. The van der Waals surface area contributed by atoms with Gasteiger partial charge in [0.05, 0.1) is 30.7 Å². The molecule has 3 heterocycles. The molecule has 2 amide bonds. The van der Waals surface area contributed by atoms with E-state index in [1.807, 2.05) is 45.9 Å². The highest BCUT2D eigenvalue weighted by Gasteiger charge is 2.55. The van der Waals surface area contributed by atoms with Gasteiger partial charge in [0.15, 0.2) is 5.78 Å². The highest BCUT2D eigenvalue weighted by molar-refractivity contribution is 5.92. The van der Waals surface area contributed by atoms with E-state index in [1.54, 1.807) is 12.0 Å². The average molecular weight is 607 g/mol. The summed E-state index contributed by atoms with van der Waals surface area (Å²) in [6.07, 6.45) is 5.66. The van der Waals surface area contributed by atoms with Crippen LogP contribution in [0.3, 0.4) is 0 Å². The Labute approximate surface area is 259 Å². The summed E-state index contributed by atoms with van der Waals surface area (Å²) in [4.78, 5) is 52.0. The van der Waals surface area contributed by atoms with Crippen molar-refractivity contribution in [3.63, 3.8) is 0 Å². The van der Waals surface area contributed by atoms with Crippen LogP contribution in [0.4, 0.5) is 4.79 Å². The number of ether oxygens (including phenoxy) is 3. The topological polar surface area (TPSA) is 120 Å². The number of fused-ring (bicyclic) bond motifs is 7. The maximum atomic E-state index is 14.2. The van der Waals surface area contributed by atoms with Crippen molar-refractivity contribution >= 4 is 28.8 Å². The van der Waals surface area contributed by atoms with Gasteiger partial charge < -0.3 is 24.4 Å². The second kappa shape index (κ2) is 11.8. The molecule has 1 N–H and O–H groups in total. The number of hydrogen-bond acceptors (Lipinski definition) is 8. The zero-order valence-electron chi connectivity index (χ0n) is 26.8. The fraction of sp³-hybridized carbons (Fsp3) is 0.676. The largest absolute Gasteiger partial charge is 0.497 e. The van der Waals surface area contributed by atoms with Crippen LogP contribution in [0.2, 0.25) is 0 Å². The summed E-state index contributed by atoms with van der Waals surface area (Å²) in [6.45, 7) is 9.37. The van der Waals surface area contributed by atoms with Crippen molar-refractivity contribution in [2.45, 2.75) is 104 Å². The van der Waals surface area contributed by atoms with Crippen molar-refractivity contribution < 1.29 is 28.6 Å². The minimum absolute atomic E-state index is 0.124. The molecule has 10 nitrogen and oxygen atoms in total. The smallest absolute Gasteiger partial charge is 0.408 e. The highest BCUT2D eigenvalue weighted by Crippen LogP contribution is 2.57. The van der Waals surface area contributed by atoms with Gasteiger partial charge in [0.25, 0.3) is 0 Å². The molecule has 0 unspecified atom stereocenters. The summed E-state index contributed by atoms with van der Waals surface area (Å²) < 4.78 is 18.1. The maximum Gasteiger partial charge on any atom is 0.408 e. The first-order chi connectivity index (χ1) is 20.9. The van der Waals surface area contributed by atoms with Crippen LogP contribution in [0.5, 0.6) is 11.6 Å². The second-order valence-corrected chi connectivity index (χ2v) is 14.4. The molecule has 2 aromatic rings. The Hall–Kier alpha value is -3.43. The molecule has 1 aromatic heterocycles. The Morgan fingerprint density at radius 1 is 1.02 bits per heavy atom. The van der Waals surface area contributed by atoms with Crippen LogP contribution in [-0.2, 0) is 20.7 Å². The number of Topliss-reactive ketones (excluding diaryl/α,β-unsaturated/α-hetero) is 1. The van der Waals surface area contributed by atoms with Crippen molar-refractivity contribution in [2.75, 3.05) is 13.7 Å². The molecule has 44 heavy (non-hydrogen) atoms. The summed E-state index contributed by atoms with van der Waals surface area (Å²) >= 11 is 0. The molecule has 10 heteroatoms. The van der Waals surface area contributed by atoms with E-state index in [-0.39, 0.29) is 30.3 Å². The van der Waals surface area contributed by atoms with E-state index < -0.39 is 29.7 Å². The molecular weight excluding hydrogens is 560 g/mol. The van der Waals surface area contributed by atoms with E-state index in [4.69, 9.17) is 24.2 Å². The van der Waals surface area contributed by atoms with E-state index >= 15 is 0 Å². The second-order valence-electron chi connectivity index (χ2n) is 14.4. The van der Waals surface area contributed by atoms with E-state index in [1.165, 1.54) is 13.3 Å². The highest BCUT2D eigenvalue weighted by atomic mass is 16.6. The Morgan fingerprint density at radius 3 is 2.55 bits per heavy atom. The lowest BCUT2D eigenvalue weighted by atomic mass is 9.85. The number of aromatic nitrogens is 2. The third kappa shape index (κ3) is 5.96. The molecular formula is C34H46N4O6. The van der Waals surface area contributed by atoms with Crippen molar-refractivity contribution in [2.24, 2.45) is 29.1 Å². The summed E-state index contributed by atoms with van der Waals surface area (Å²) in [5.74, 6) is 1.99. The first kappa shape index (κ1) is 30.6. The SMILES string of the molecule is COc1ccc2nc3c(nc2c1)O[C@H]1CN(C(=O)[C@H](C(C)(C)C)NC(=O)O[C@@H]2C[C@H]4C[C@H]4[C@H]2CCCCC3)[C@H](C(C)=O)[C@@H]1C. The van der Waals surface area contributed by atoms with Gasteiger partial charge in [-0.1, -0.05) is 40.5 Å². The number of methoxy groups -OCH3 is 1. The molecule has 4 aliphatic rings. The normalized spacial score (nSPS) is 32.7. The lowest BCUT2D eigenvalue weighted by Crippen LogP contribution is -2.57. The Morgan fingerprint density at radius 2 is 1.82 bits per heavy atom. The molecule has 2 aliphatic heterocycles. The number of ketones is 1. The fourth-order valence-electron chi connectivity index (χ4n) is 7.81. The number of hydrogen-bond donors (Lipinski definition) is 1. The first-order valence-corrected chi connectivity index (χ1v) is 16.2. The molecule has 3 fully saturated rings. The van der Waals surface area contributed by atoms with Gasteiger partial charge in [-0.3, -0.25) is 9.59 Å². The van der Waals surface area contributed by atoms with Gasteiger partial charge in [-0.15, -0.1) is 0 Å². The predicted octanol–water partition coefficient (Wildman–Crippen LogP) is 5.10. The third-order valence-corrected chi connectivity index (χ3v) is 10.3. The van der Waals surface area contributed by atoms with Gasteiger partial charge in [0.1, 0.15) is 29.7 Å². The first-order valence-electron chi connectivity index (χ1n) is 16.2. The third-order valence-electron chi connectivity index (χ3n) is 10.3. The number of rotatable bonds is 2. The average Bonchev–Trinajstić information content (AvgIpc) is 3.53. The van der Waals surface area contributed by atoms with Crippen LogP contribution in [0, 0.1) is 29.1 Å². The van der Waals surface area contributed by atoms with Crippen molar-refractivity contribution in [3.05, 3.63) is 23.9 Å². The number of alkyl carbamates (subject to hydrolysis) is 1. The van der Waals surface area contributed by atoms with Crippen LogP contribution in [0.15, 0.2) is 18.2 Å². The predicted molar refractivity (Wildman–Crippen MR) is 164 cm³/mol. The van der Waals surface area contributed by atoms with Crippen molar-refractivity contribution in [1.82, 2.24) is 20.2 Å². The molecule has 2 aliphatic carbocycles. The van der Waals surface area contributed by atoms with E-state index in [0.717, 1.165) is 43.3 Å². The number of amides is 2. The van der Waals surface area contributed by atoms with Gasteiger partial charge in [0.2, 0.25) is 11.8 Å². The van der Waals surface area contributed by atoms with Crippen molar-refractivity contribution in [3.8, 4) is 11.6 Å². The van der Waals surface area contributed by atoms with E-state index in [9.17, 15) is 14.4 Å². The van der Waals surface area contributed by atoms with Gasteiger partial charge >= 0.3 is 6.09 Å². The summed E-state index contributed by atoms with van der Waals surface area (Å²) in [6, 6.07) is 4.05. The summed E-state index contributed by atoms with van der Waals surface area (Å²) in [5, 5.41) is 2.92. The quantitative estimate of drug-likeness (QED) is 0.501. The van der Waals surface area contributed by atoms with E-state index in [0.29, 0.717) is 41.3 Å². The number of benzene rings is 1. The number of carbonyl (C=O) groups excluding carboxylic acids is 3. The molecule has 1 saturated heterocycles. The van der Waals surface area contributed by atoms with Gasteiger partial charge in [-0.2, -0.15) is 0 Å². The Bertz CT molecular complexity index is 1440. The summed E-state index contributed by atoms with van der Waals surface area (Å²) in [7, 11) is 1.61. The van der Waals surface area contributed by atoms with Gasteiger partial charge in [-0.05, 0) is 74.3 Å². The number of nitrogens with one attached hydrogen (secondary N) is 1. The minimum Gasteiger partial charge on any atom is -0.497 e. The van der Waals surface area contributed by atoms with Gasteiger partial charge in [0, 0.05) is 12.0 Å². The molecule has 2 bridgehead atoms. The number of carbonyl (C=O) groups is 3. The van der Waals surface area contributed by atoms with Crippen LogP contribution < -0.4 is 14.8 Å².